The molecule has 1 atom stereocenters. The Morgan fingerprint density at radius 2 is 1.87 bits per heavy atom. The molecule has 0 radical (unpaired) electrons. The fourth-order valence-corrected chi connectivity index (χ4v) is 2.06. The summed E-state index contributed by atoms with van der Waals surface area (Å²) < 4.78 is 0. The zero-order valence-electron chi connectivity index (χ0n) is 10.5. The molecule has 0 aromatic heterocycles. The molecule has 15 heavy (non-hydrogen) atoms. The Bertz CT molecular complexity index is 153. The minimum Gasteiger partial charge on any atom is -0.328 e. The largest absolute Gasteiger partial charge is 0.328 e. The highest BCUT2D eigenvalue weighted by atomic mass is 15.2. The van der Waals surface area contributed by atoms with Gasteiger partial charge >= 0.3 is 0 Å². The molecule has 0 heterocycles. The zero-order valence-corrected chi connectivity index (χ0v) is 10.5. The van der Waals surface area contributed by atoms with Crippen LogP contribution in [-0.2, 0) is 0 Å². The minimum absolute atomic E-state index is 0.384. The fraction of sp³-hybridized carbons (Fsp3) is 1.00. The predicted octanol–water partition coefficient (Wildman–Crippen LogP) is 2.77. The number of rotatable bonds is 9. The van der Waals surface area contributed by atoms with Crippen molar-refractivity contribution in [2.45, 2.75) is 70.9 Å². The summed E-state index contributed by atoms with van der Waals surface area (Å²) in [6, 6.07) is 1.32. The van der Waals surface area contributed by atoms with Gasteiger partial charge in [-0.2, -0.15) is 0 Å². The van der Waals surface area contributed by atoms with E-state index in [1.807, 2.05) is 0 Å². The first-order valence-electron chi connectivity index (χ1n) is 6.73. The number of hydrogen-bond donors (Lipinski definition) is 1. The molecule has 1 saturated carbocycles. The lowest BCUT2D eigenvalue weighted by atomic mass is 10.1. The van der Waals surface area contributed by atoms with E-state index in [2.05, 4.69) is 18.7 Å². The zero-order chi connectivity index (χ0) is 11.1. The highest BCUT2D eigenvalue weighted by Crippen LogP contribution is 2.27. The van der Waals surface area contributed by atoms with Gasteiger partial charge in [-0.05, 0) is 52.1 Å². The maximum absolute atomic E-state index is 5.75. The molecule has 2 N–H and O–H groups in total. The minimum atomic E-state index is 0.384. The molecule has 1 aliphatic rings. The maximum atomic E-state index is 5.75. The van der Waals surface area contributed by atoms with Crippen molar-refractivity contribution in [1.29, 1.82) is 0 Å². The van der Waals surface area contributed by atoms with E-state index in [-0.39, 0.29) is 0 Å². The molecule has 90 valence electrons. The summed E-state index contributed by atoms with van der Waals surface area (Å²) in [6.07, 6.45) is 9.39. The van der Waals surface area contributed by atoms with Crippen LogP contribution in [0, 0.1) is 0 Å². The Labute approximate surface area is 95.2 Å². The van der Waals surface area contributed by atoms with Crippen LogP contribution >= 0.6 is 0 Å². The van der Waals surface area contributed by atoms with Gasteiger partial charge in [0, 0.05) is 12.1 Å². The predicted molar refractivity (Wildman–Crippen MR) is 67.0 cm³/mol. The van der Waals surface area contributed by atoms with E-state index < -0.39 is 0 Å². The van der Waals surface area contributed by atoms with Gasteiger partial charge in [-0.15, -0.1) is 0 Å². The monoisotopic (exact) mass is 212 g/mol. The molecular formula is C13H28N2. The van der Waals surface area contributed by atoms with Crippen molar-refractivity contribution in [3.63, 3.8) is 0 Å². The van der Waals surface area contributed by atoms with Gasteiger partial charge in [0.2, 0.25) is 0 Å². The van der Waals surface area contributed by atoms with Crippen LogP contribution in [0.1, 0.15) is 58.8 Å². The van der Waals surface area contributed by atoms with Crippen molar-refractivity contribution < 1.29 is 0 Å². The normalized spacial score (nSPS) is 18.4. The summed E-state index contributed by atoms with van der Waals surface area (Å²) in [7, 11) is 0. The van der Waals surface area contributed by atoms with Gasteiger partial charge < -0.3 is 10.6 Å². The van der Waals surface area contributed by atoms with Crippen LogP contribution in [0.15, 0.2) is 0 Å². The van der Waals surface area contributed by atoms with Crippen molar-refractivity contribution in [3.8, 4) is 0 Å². The first-order chi connectivity index (χ1) is 7.24. The summed E-state index contributed by atoms with van der Waals surface area (Å²) in [4.78, 5) is 2.70. The van der Waals surface area contributed by atoms with Gasteiger partial charge in [-0.25, -0.2) is 0 Å². The lowest BCUT2D eigenvalue weighted by Crippen LogP contribution is -2.28. The topological polar surface area (TPSA) is 29.3 Å². The van der Waals surface area contributed by atoms with Crippen molar-refractivity contribution in [1.82, 2.24) is 4.90 Å². The Balaban J connectivity index is 2.03. The van der Waals surface area contributed by atoms with Crippen LogP contribution in [0.3, 0.4) is 0 Å². The number of nitrogens with zero attached hydrogens (tertiary/aromatic N) is 1. The third kappa shape index (κ3) is 6.16. The Kier molecular flexibility index (Phi) is 6.26. The summed E-state index contributed by atoms with van der Waals surface area (Å²) in [5.74, 6) is 0. The molecule has 0 spiro atoms. The standard InChI is InChI=1S/C13H28N2/c1-3-4-10-15(13-8-9-13)11-6-5-7-12(2)14/h12-13H,3-11,14H2,1-2H3. The molecule has 1 rings (SSSR count). The first kappa shape index (κ1) is 13.0. The second-order valence-corrected chi connectivity index (χ2v) is 5.09. The number of hydrogen-bond acceptors (Lipinski definition) is 2. The molecule has 1 aliphatic carbocycles. The van der Waals surface area contributed by atoms with Gasteiger partial charge in [0.15, 0.2) is 0 Å². The summed E-state index contributed by atoms with van der Waals surface area (Å²) in [6.45, 7) is 7.01. The van der Waals surface area contributed by atoms with Crippen LogP contribution in [0.5, 0.6) is 0 Å². The molecule has 1 fully saturated rings. The first-order valence-corrected chi connectivity index (χ1v) is 6.73. The van der Waals surface area contributed by atoms with E-state index in [0.717, 1.165) is 6.04 Å². The summed E-state index contributed by atoms with van der Waals surface area (Å²) in [5.41, 5.74) is 5.75. The SMILES string of the molecule is CCCCN(CCCCC(C)N)C1CC1. The Hall–Kier alpha value is -0.0800. The van der Waals surface area contributed by atoms with Crippen molar-refractivity contribution in [2.75, 3.05) is 13.1 Å². The molecule has 2 nitrogen and oxygen atoms in total. The van der Waals surface area contributed by atoms with Gasteiger partial charge in [0.25, 0.3) is 0 Å². The van der Waals surface area contributed by atoms with E-state index in [1.165, 1.54) is 58.0 Å². The van der Waals surface area contributed by atoms with E-state index in [0.29, 0.717) is 6.04 Å². The molecule has 0 bridgehead atoms. The molecule has 2 heteroatoms. The average Bonchev–Trinajstić information content (AvgIpc) is 3.00. The maximum Gasteiger partial charge on any atom is 0.00964 e. The fourth-order valence-electron chi connectivity index (χ4n) is 2.06. The molecule has 0 aromatic rings. The van der Waals surface area contributed by atoms with Crippen LogP contribution in [0.4, 0.5) is 0 Å². The van der Waals surface area contributed by atoms with Crippen molar-refractivity contribution >= 4 is 0 Å². The van der Waals surface area contributed by atoms with E-state index in [1.54, 1.807) is 0 Å². The number of unbranched alkanes of at least 4 members (excludes halogenated alkanes) is 2. The van der Waals surface area contributed by atoms with Gasteiger partial charge in [-0.1, -0.05) is 19.8 Å². The quantitative estimate of drug-likeness (QED) is 0.595. The summed E-state index contributed by atoms with van der Waals surface area (Å²) >= 11 is 0. The summed E-state index contributed by atoms with van der Waals surface area (Å²) in [5, 5.41) is 0. The third-order valence-electron chi connectivity index (χ3n) is 3.22. The highest BCUT2D eigenvalue weighted by Gasteiger charge is 2.27. The van der Waals surface area contributed by atoms with E-state index in [9.17, 15) is 0 Å². The van der Waals surface area contributed by atoms with Crippen LogP contribution < -0.4 is 5.73 Å². The smallest absolute Gasteiger partial charge is 0.00964 e. The lowest BCUT2D eigenvalue weighted by Gasteiger charge is -2.21. The Morgan fingerprint density at radius 3 is 2.40 bits per heavy atom. The lowest BCUT2D eigenvalue weighted by molar-refractivity contribution is 0.252. The number of nitrogens with two attached hydrogens (primary N) is 1. The van der Waals surface area contributed by atoms with Crippen LogP contribution in [0.2, 0.25) is 0 Å². The molecular weight excluding hydrogens is 184 g/mol. The second-order valence-electron chi connectivity index (χ2n) is 5.09. The molecule has 0 saturated heterocycles. The van der Waals surface area contributed by atoms with Crippen molar-refractivity contribution in [3.05, 3.63) is 0 Å². The average molecular weight is 212 g/mol. The van der Waals surface area contributed by atoms with Crippen LogP contribution in [-0.4, -0.2) is 30.1 Å². The van der Waals surface area contributed by atoms with E-state index in [4.69, 9.17) is 5.73 Å². The van der Waals surface area contributed by atoms with Gasteiger partial charge in [-0.3, -0.25) is 0 Å². The van der Waals surface area contributed by atoms with Gasteiger partial charge in [0.1, 0.15) is 0 Å². The van der Waals surface area contributed by atoms with Crippen LogP contribution in [0.25, 0.3) is 0 Å². The highest BCUT2D eigenvalue weighted by molar-refractivity contribution is 4.84. The second kappa shape index (κ2) is 7.24. The van der Waals surface area contributed by atoms with Crippen molar-refractivity contribution in [2.24, 2.45) is 5.73 Å². The third-order valence-corrected chi connectivity index (χ3v) is 3.22. The molecule has 1 unspecified atom stereocenters. The molecule has 0 amide bonds. The van der Waals surface area contributed by atoms with Gasteiger partial charge in [0.05, 0.1) is 0 Å². The molecule has 0 aliphatic heterocycles. The Morgan fingerprint density at radius 1 is 1.20 bits per heavy atom. The van der Waals surface area contributed by atoms with E-state index >= 15 is 0 Å². The molecule has 0 aromatic carbocycles.